The van der Waals surface area contributed by atoms with Gasteiger partial charge in [0.25, 0.3) is 0 Å². The molecule has 0 aliphatic carbocycles. The largest absolute Gasteiger partial charge is 0.494 e. The van der Waals surface area contributed by atoms with Gasteiger partial charge >= 0.3 is 19.1 Å². The molecule has 2 unspecified atom stereocenters. The van der Waals surface area contributed by atoms with E-state index in [1.165, 1.54) is 14.2 Å². The maximum Gasteiger partial charge on any atom is 0.494 e. The Kier molecular flexibility index (Phi) is 9.53. The first kappa shape index (κ1) is 30.4. The lowest BCUT2D eigenvalue weighted by Gasteiger charge is -2.32. The van der Waals surface area contributed by atoms with E-state index in [2.05, 4.69) is 77.7 Å². The van der Waals surface area contributed by atoms with Crippen molar-refractivity contribution >= 4 is 51.8 Å². The van der Waals surface area contributed by atoms with Gasteiger partial charge < -0.3 is 28.6 Å². The maximum atomic E-state index is 11.7. The number of hydrogen-bond acceptors (Lipinski definition) is 8. The van der Waals surface area contributed by atoms with Crippen LogP contribution >= 0.6 is 15.9 Å². The number of esters is 2. The molecule has 2 aromatic carbocycles. The van der Waals surface area contributed by atoms with Crippen LogP contribution in [0.5, 0.6) is 0 Å². The number of carbonyl (C=O) groups is 2. The summed E-state index contributed by atoms with van der Waals surface area (Å²) in [4.78, 5) is 27.6. The van der Waals surface area contributed by atoms with E-state index in [0.717, 1.165) is 53.8 Å². The highest BCUT2D eigenvalue weighted by Crippen LogP contribution is 2.37. The second kappa shape index (κ2) is 12.5. The van der Waals surface area contributed by atoms with Crippen molar-refractivity contribution in [3.63, 3.8) is 0 Å². The maximum absolute atomic E-state index is 11.7. The summed E-state index contributed by atoms with van der Waals surface area (Å²) in [5, 5.41) is 0. The van der Waals surface area contributed by atoms with Gasteiger partial charge in [0.05, 0.1) is 37.3 Å². The summed E-state index contributed by atoms with van der Waals surface area (Å²) in [5.41, 5.74) is 2.55. The summed E-state index contributed by atoms with van der Waals surface area (Å²) in [5.74, 6) is -0.253. The number of benzene rings is 2. The standard InChI is InChI=1S/C18H26BNO4.C12H14BrNO2/c1-17(2)18(3,4)24-19(23-17)14-7-6-8-15(11-14)20-10-9-13(12-20)16(21)22-5;1-16-12(15)9-5-6-14(8-9)11-4-2-3-10(13)7-11/h6-8,11,13H,9-10,12H2,1-5H3;2-4,7,9H,5-6,8H2,1H3. The molecule has 3 aliphatic rings. The predicted molar refractivity (Wildman–Crippen MR) is 161 cm³/mol. The topological polar surface area (TPSA) is 77.5 Å². The normalized spacial score (nSPS) is 23.0. The third kappa shape index (κ3) is 6.83. The molecule has 0 spiro atoms. The van der Waals surface area contributed by atoms with Crippen LogP contribution < -0.4 is 15.3 Å². The number of carbonyl (C=O) groups excluding carboxylic acids is 2. The third-order valence-electron chi connectivity index (χ3n) is 8.38. The van der Waals surface area contributed by atoms with Crippen LogP contribution in [0.1, 0.15) is 40.5 Å². The summed E-state index contributed by atoms with van der Waals surface area (Å²) in [7, 11) is 2.53. The smallest absolute Gasteiger partial charge is 0.469 e. The second-order valence-corrected chi connectivity index (χ2v) is 12.5. The van der Waals surface area contributed by atoms with Crippen molar-refractivity contribution in [2.45, 2.75) is 51.7 Å². The van der Waals surface area contributed by atoms with Crippen LogP contribution in [-0.2, 0) is 28.4 Å². The number of methoxy groups -OCH3 is 2. The van der Waals surface area contributed by atoms with E-state index < -0.39 is 0 Å². The van der Waals surface area contributed by atoms with E-state index in [9.17, 15) is 9.59 Å². The zero-order chi connectivity index (χ0) is 29.1. The minimum atomic E-state index is -0.367. The number of hydrogen-bond donors (Lipinski definition) is 0. The van der Waals surface area contributed by atoms with E-state index in [0.29, 0.717) is 6.54 Å². The quantitative estimate of drug-likeness (QED) is 0.362. The van der Waals surface area contributed by atoms with Gasteiger partial charge in [-0.15, -0.1) is 0 Å². The molecule has 0 amide bonds. The van der Waals surface area contributed by atoms with Gasteiger partial charge in [0.15, 0.2) is 0 Å². The van der Waals surface area contributed by atoms with E-state index in [4.69, 9.17) is 18.8 Å². The highest BCUT2D eigenvalue weighted by molar-refractivity contribution is 9.10. The summed E-state index contributed by atoms with van der Waals surface area (Å²) in [6.45, 7) is 11.4. The Hall–Kier alpha value is -2.56. The van der Waals surface area contributed by atoms with Gasteiger partial charge in [0.1, 0.15) is 0 Å². The van der Waals surface area contributed by atoms with Crippen LogP contribution in [0.15, 0.2) is 53.0 Å². The molecular weight excluding hydrogens is 575 g/mol. The van der Waals surface area contributed by atoms with Gasteiger partial charge in [-0.3, -0.25) is 9.59 Å². The Morgan fingerprint density at radius 3 is 1.77 bits per heavy atom. The minimum absolute atomic E-state index is 0.0176. The van der Waals surface area contributed by atoms with Gasteiger partial charge in [-0.25, -0.2) is 0 Å². The first-order chi connectivity index (χ1) is 18.9. The second-order valence-electron chi connectivity index (χ2n) is 11.6. The van der Waals surface area contributed by atoms with Crippen LogP contribution in [0.25, 0.3) is 0 Å². The van der Waals surface area contributed by atoms with Gasteiger partial charge in [-0.05, 0) is 76.3 Å². The number of rotatable bonds is 5. The molecule has 3 aliphatic heterocycles. The molecule has 0 bridgehead atoms. The van der Waals surface area contributed by atoms with Crippen LogP contribution in [0, 0.1) is 11.8 Å². The molecule has 2 atom stereocenters. The molecule has 0 radical (unpaired) electrons. The van der Waals surface area contributed by atoms with Crippen LogP contribution in [0.2, 0.25) is 0 Å². The highest BCUT2D eigenvalue weighted by atomic mass is 79.9. The minimum Gasteiger partial charge on any atom is -0.469 e. The molecule has 216 valence electrons. The summed E-state index contributed by atoms with van der Waals surface area (Å²) >= 11 is 3.45. The third-order valence-corrected chi connectivity index (χ3v) is 8.87. The van der Waals surface area contributed by atoms with Crippen LogP contribution in [0.4, 0.5) is 11.4 Å². The van der Waals surface area contributed by atoms with E-state index >= 15 is 0 Å². The molecule has 0 aromatic heterocycles. The molecule has 3 fully saturated rings. The molecule has 10 heteroatoms. The molecule has 0 N–H and O–H groups in total. The Labute approximate surface area is 246 Å². The van der Waals surface area contributed by atoms with Gasteiger partial charge in [0.2, 0.25) is 0 Å². The molecule has 8 nitrogen and oxygen atoms in total. The molecule has 0 saturated carbocycles. The molecule has 3 heterocycles. The first-order valence-corrected chi connectivity index (χ1v) is 14.6. The zero-order valence-corrected chi connectivity index (χ0v) is 25.9. The van der Waals surface area contributed by atoms with Gasteiger partial charge in [-0.2, -0.15) is 0 Å². The van der Waals surface area contributed by atoms with Gasteiger partial charge in [0, 0.05) is 42.0 Å². The fourth-order valence-electron chi connectivity index (χ4n) is 5.23. The van der Waals surface area contributed by atoms with Crippen molar-refractivity contribution in [1.82, 2.24) is 0 Å². The summed E-state index contributed by atoms with van der Waals surface area (Å²) < 4.78 is 23.0. The summed E-state index contributed by atoms with van der Waals surface area (Å²) in [6, 6.07) is 16.3. The zero-order valence-electron chi connectivity index (χ0n) is 24.3. The number of anilines is 2. The van der Waals surface area contributed by atoms with Crippen molar-refractivity contribution in [3.05, 3.63) is 53.0 Å². The average molecular weight is 615 g/mol. The number of halogens is 1. The number of ether oxygens (including phenoxy) is 2. The molecular formula is C30H40BBrN2O6. The lowest BCUT2D eigenvalue weighted by molar-refractivity contribution is -0.145. The van der Waals surface area contributed by atoms with Crippen molar-refractivity contribution < 1.29 is 28.4 Å². The fourth-order valence-corrected chi connectivity index (χ4v) is 5.61. The number of nitrogens with zero attached hydrogens (tertiary/aromatic N) is 2. The average Bonchev–Trinajstić information content (AvgIpc) is 3.67. The van der Waals surface area contributed by atoms with E-state index in [-0.39, 0.29) is 42.1 Å². The van der Waals surface area contributed by atoms with E-state index in [1.807, 2.05) is 24.3 Å². The molecule has 2 aromatic rings. The SMILES string of the molecule is COC(=O)C1CCN(c2cccc(B3OC(C)(C)C(C)(C)O3)c2)C1.COC(=O)C1CCN(c2cccc(Br)c2)C1. The molecule has 40 heavy (non-hydrogen) atoms. The van der Waals surface area contributed by atoms with Crippen molar-refractivity contribution in [2.75, 3.05) is 50.2 Å². The van der Waals surface area contributed by atoms with Crippen LogP contribution in [0.3, 0.4) is 0 Å². The lowest BCUT2D eigenvalue weighted by Crippen LogP contribution is -2.41. The Morgan fingerprint density at radius 1 is 0.825 bits per heavy atom. The van der Waals surface area contributed by atoms with Crippen LogP contribution in [-0.4, -0.2) is 70.7 Å². The lowest BCUT2D eigenvalue weighted by atomic mass is 9.79. The Morgan fingerprint density at radius 2 is 1.30 bits per heavy atom. The van der Waals surface area contributed by atoms with Gasteiger partial charge in [-0.1, -0.05) is 34.1 Å². The Bertz CT molecular complexity index is 1190. The van der Waals surface area contributed by atoms with E-state index in [1.54, 1.807) is 0 Å². The van der Waals surface area contributed by atoms with Crippen molar-refractivity contribution in [1.29, 1.82) is 0 Å². The first-order valence-electron chi connectivity index (χ1n) is 13.8. The molecule has 3 saturated heterocycles. The Balaban J connectivity index is 0.000000201. The monoisotopic (exact) mass is 614 g/mol. The highest BCUT2D eigenvalue weighted by Gasteiger charge is 2.51. The predicted octanol–water partition coefficient (Wildman–Crippen LogP) is 4.43. The van der Waals surface area contributed by atoms with Crippen molar-refractivity contribution in [3.8, 4) is 0 Å². The van der Waals surface area contributed by atoms with Crippen molar-refractivity contribution in [2.24, 2.45) is 11.8 Å². The fraction of sp³-hybridized carbons (Fsp3) is 0.533. The molecule has 5 rings (SSSR count). The summed E-state index contributed by atoms with van der Waals surface area (Å²) in [6.07, 6.45) is 1.70.